The van der Waals surface area contributed by atoms with Crippen molar-refractivity contribution in [2.75, 3.05) is 31.8 Å². The Morgan fingerprint density at radius 1 is 1.11 bits per heavy atom. The smallest absolute Gasteiger partial charge is 0.435 e. The first-order valence-electron chi connectivity index (χ1n) is 15.1. The summed E-state index contributed by atoms with van der Waals surface area (Å²) < 4.78 is 50.0. The van der Waals surface area contributed by atoms with Crippen molar-refractivity contribution in [2.24, 2.45) is 11.1 Å². The standard InChI is InChI=1S/C31H37F3N8O5/c1-30(2)13-21-23(22(43)14-30)25(31(32,33)34)39-42(21)17-8-11-19(26(35)44)20(12-17)38-16-6-9-18(10-7-16)47-28(45)24-27(36-3)41(15-37-24)29(46)40(4)5/h8,11-12,15-16,18,36,38H,6-7,9-10,13-14H2,1-5H3,(H2,35,44). The molecule has 0 unspecified atom stereocenters. The summed E-state index contributed by atoms with van der Waals surface area (Å²) in [4.78, 5) is 56.0. The van der Waals surface area contributed by atoms with E-state index in [1.807, 2.05) is 13.8 Å². The van der Waals surface area contributed by atoms with Crippen molar-refractivity contribution in [2.45, 2.75) is 70.7 Å². The molecule has 1 fully saturated rings. The molecule has 0 atom stereocenters. The number of primary amides is 1. The van der Waals surface area contributed by atoms with Gasteiger partial charge in [-0.1, -0.05) is 13.8 Å². The molecule has 13 nitrogen and oxygen atoms in total. The van der Waals surface area contributed by atoms with E-state index < -0.39 is 52.6 Å². The van der Waals surface area contributed by atoms with Gasteiger partial charge in [-0.2, -0.15) is 18.3 Å². The molecular formula is C31H37F3N8O5. The monoisotopic (exact) mass is 658 g/mol. The van der Waals surface area contributed by atoms with E-state index in [2.05, 4.69) is 20.7 Å². The summed E-state index contributed by atoms with van der Waals surface area (Å²) in [5.74, 6) is -1.82. The van der Waals surface area contributed by atoms with Gasteiger partial charge in [-0.15, -0.1) is 0 Å². The number of carbonyl (C=O) groups is 4. The highest BCUT2D eigenvalue weighted by Crippen LogP contribution is 2.42. The molecule has 47 heavy (non-hydrogen) atoms. The number of nitrogens with one attached hydrogen (secondary N) is 2. The van der Waals surface area contributed by atoms with Gasteiger partial charge in [-0.05, 0) is 55.7 Å². The minimum atomic E-state index is -4.83. The number of hydrogen-bond donors (Lipinski definition) is 3. The van der Waals surface area contributed by atoms with Crippen LogP contribution in [0.1, 0.15) is 88.5 Å². The quantitative estimate of drug-likeness (QED) is 0.310. The lowest BCUT2D eigenvalue weighted by Crippen LogP contribution is -2.32. The van der Waals surface area contributed by atoms with Crippen LogP contribution in [-0.4, -0.2) is 81.2 Å². The van der Waals surface area contributed by atoms with Crippen LogP contribution < -0.4 is 16.4 Å². The summed E-state index contributed by atoms with van der Waals surface area (Å²) in [6.45, 7) is 3.63. The van der Waals surface area contributed by atoms with Crippen LogP contribution in [-0.2, 0) is 17.3 Å². The SMILES string of the molecule is CNc1c(C(=O)OC2CCC(Nc3cc(-n4nc(C(F)(F)F)c5c4CC(C)(C)CC5=O)ccc3C(N)=O)CC2)ncn1C(=O)N(C)C. The summed E-state index contributed by atoms with van der Waals surface area (Å²) in [5.41, 5.74) is 4.25. The number of aromatic nitrogens is 4. The number of hydrogen-bond acceptors (Lipinski definition) is 9. The minimum Gasteiger partial charge on any atom is -0.458 e. The van der Waals surface area contributed by atoms with Gasteiger partial charge in [0.15, 0.2) is 17.2 Å². The number of carbonyl (C=O) groups excluding carboxylic acids is 4. The van der Waals surface area contributed by atoms with Crippen LogP contribution >= 0.6 is 0 Å². The van der Waals surface area contributed by atoms with Gasteiger partial charge in [0.25, 0.3) is 5.91 Å². The van der Waals surface area contributed by atoms with Crippen molar-refractivity contribution in [1.29, 1.82) is 0 Å². The van der Waals surface area contributed by atoms with Gasteiger partial charge < -0.3 is 26.0 Å². The fraction of sp³-hybridized carbons (Fsp3) is 0.484. The van der Waals surface area contributed by atoms with Crippen molar-refractivity contribution < 1.29 is 37.1 Å². The number of anilines is 2. The molecule has 0 radical (unpaired) electrons. The number of ether oxygens (including phenoxy) is 1. The highest BCUT2D eigenvalue weighted by atomic mass is 19.4. The first kappa shape index (κ1) is 33.5. The maximum atomic E-state index is 14.0. The Labute approximate surface area is 268 Å². The normalized spacial score (nSPS) is 19.1. The summed E-state index contributed by atoms with van der Waals surface area (Å²) in [7, 11) is 4.72. The Bertz CT molecular complexity index is 1730. The van der Waals surface area contributed by atoms with Crippen molar-refractivity contribution in [3.8, 4) is 5.69 Å². The topological polar surface area (TPSA) is 166 Å². The molecular weight excluding hydrogens is 621 g/mol. The van der Waals surface area contributed by atoms with E-state index >= 15 is 0 Å². The van der Waals surface area contributed by atoms with Gasteiger partial charge in [0.1, 0.15) is 18.2 Å². The van der Waals surface area contributed by atoms with E-state index in [9.17, 15) is 32.3 Å². The maximum absolute atomic E-state index is 14.0. The van der Waals surface area contributed by atoms with E-state index in [0.717, 1.165) is 4.68 Å². The molecule has 2 aliphatic rings. The van der Waals surface area contributed by atoms with Crippen LogP contribution in [0.25, 0.3) is 5.69 Å². The van der Waals surface area contributed by atoms with Gasteiger partial charge in [0.05, 0.1) is 22.5 Å². The molecule has 0 saturated heterocycles. The van der Waals surface area contributed by atoms with Crippen LogP contribution in [0.15, 0.2) is 24.5 Å². The number of imidazole rings is 1. The Hall–Kier alpha value is -4.89. The summed E-state index contributed by atoms with van der Waals surface area (Å²) >= 11 is 0. The number of nitrogens with two attached hydrogens (primary N) is 1. The first-order valence-corrected chi connectivity index (χ1v) is 15.1. The number of amides is 2. The minimum absolute atomic E-state index is 0.0227. The Morgan fingerprint density at radius 3 is 2.38 bits per heavy atom. The molecule has 2 heterocycles. The van der Waals surface area contributed by atoms with E-state index in [0.29, 0.717) is 31.4 Å². The first-order chi connectivity index (χ1) is 22.0. The predicted molar refractivity (Wildman–Crippen MR) is 165 cm³/mol. The maximum Gasteiger partial charge on any atom is 0.435 e. The molecule has 252 valence electrons. The number of Topliss-reactive ketones (excluding diaryl/α,β-unsaturated/α-hetero) is 1. The third-order valence-corrected chi connectivity index (χ3v) is 8.42. The van der Waals surface area contributed by atoms with Crippen molar-refractivity contribution in [3.05, 3.63) is 52.7 Å². The fourth-order valence-corrected chi connectivity index (χ4v) is 6.21. The zero-order valence-electron chi connectivity index (χ0n) is 26.7. The van der Waals surface area contributed by atoms with E-state index in [-0.39, 0.29) is 47.3 Å². The van der Waals surface area contributed by atoms with Crippen LogP contribution in [0.5, 0.6) is 0 Å². The molecule has 2 aliphatic carbocycles. The van der Waals surface area contributed by atoms with E-state index in [1.54, 1.807) is 21.1 Å². The average molecular weight is 659 g/mol. The van der Waals surface area contributed by atoms with Gasteiger partial charge in [-0.25, -0.2) is 23.8 Å². The number of esters is 1. The van der Waals surface area contributed by atoms with Crippen LogP contribution in [0.2, 0.25) is 0 Å². The third kappa shape index (κ3) is 6.67. The van der Waals surface area contributed by atoms with Gasteiger partial charge in [-0.3, -0.25) is 9.59 Å². The van der Waals surface area contributed by atoms with Crippen molar-refractivity contribution >= 4 is 35.2 Å². The van der Waals surface area contributed by atoms with E-state index in [4.69, 9.17) is 10.5 Å². The van der Waals surface area contributed by atoms with Gasteiger partial charge in [0, 0.05) is 39.3 Å². The molecule has 2 aromatic heterocycles. The molecule has 0 aliphatic heterocycles. The van der Waals surface area contributed by atoms with Crippen LogP contribution in [0.4, 0.5) is 29.5 Å². The second-order valence-corrected chi connectivity index (χ2v) is 12.9. The molecule has 0 bridgehead atoms. The highest BCUT2D eigenvalue weighted by Gasteiger charge is 2.45. The van der Waals surface area contributed by atoms with Crippen molar-refractivity contribution in [3.63, 3.8) is 0 Å². The lowest BCUT2D eigenvalue weighted by Gasteiger charge is -2.30. The Morgan fingerprint density at radius 2 is 1.79 bits per heavy atom. The molecule has 1 saturated carbocycles. The average Bonchev–Trinajstić information content (AvgIpc) is 3.59. The molecule has 5 rings (SSSR count). The molecule has 3 aromatic rings. The lowest BCUT2D eigenvalue weighted by atomic mass is 9.75. The largest absolute Gasteiger partial charge is 0.458 e. The number of halogens is 3. The van der Waals surface area contributed by atoms with Crippen molar-refractivity contribution in [1.82, 2.24) is 24.2 Å². The van der Waals surface area contributed by atoms with Gasteiger partial charge in [0.2, 0.25) is 0 Å². The van der Waals surface area contributed by atoms with Gasteiger partial charge >= 0.3 is 18.2 Å². The number of nitrogens with zero attached hydrogens (tertiary/aromatic N) is 5. The zero-order chi connectivity index (χ0) is 34.4. The predicted octanol–water partition coefficient (Wildman–Crippen LogP) is 4.49. The summed E-state index contributed by atoms with van der Waals surface area (Å²) in [5, 5.41) is 9.97. The molecule has 16 heteroatoms. The number of rotatable bonds is 7. The highest BCUT2D eigenvalue weighted by molar-refractivity contribution is 6.01. The molecule has 2 amide bonds. The lowest BCUT2D eigenvalue weighted by molar-refractivity contribution is -0.141. The summed E-state index contributed by atoms with van der Waals surface area (Å²) in [6.07, 6.45) is -1.84. The Balaban J connectivity index is 1.34. The second kappa shape index (κ2) is 12.4. The third-order valence-electron chi connectivity index (χ3n) is 8.42. The Kier molecular flexibility index (Phi) is 8.81. The number of benzene rings is 1. The number of alkyl halides is 3. The fourth-order valence-electron chi connectivity index (χ4n) is 6.21. The molecule has 1 aromatic carbocycles. The molecule has 0 spiro atoms. The second-order valence-electron chi connectivity index (χ2n) is 12.9. The number of fused-ring (bicyclic) bond motifs is 1. The molecule has 4 N–H and O–H groups in total. The van der Waals surface area contributed by atoms with E-state index in [1.165, 1.54) is 34.0 Å². The zero-order valence-corrected chi connectivity index (χ0v) is 26.7. The summed E-state index contributed by atoms with van der Waals surface area (Å²) in [6, 6.07) is 3.81. The van der Waals surface area contributed by atoms with Crippen LogP contribution in [0, 0.1) is 5.41 Å². The van der Waals surface area contributed by atoms with Crippen LogP contribution in [0.3, 0.4) is 0 Å². The number of ketones is 1.